The van der Waals surface area contributed by atoms with E-state index in [1.807, 2.05) is 4.90 Å². The van der Waals surface area contributed by atoms with E-state index < -0.39 is 11.8 Å². The van der Waals surface area contributed by atoms with Gasteiger partial charge in [-0.2, -0.15) is 0 Å². The number of piperazine rings is 1. The van der Waals surface area contributed by atoms with Gasteiger partial charge in [-0.3, -0.25) is 4.90 Å². The Labute approximate surface area is 132 Å². The Hall–Kier alpha value is -1.14. The summed E-state index contributed by atoms with van der Waals surface area (Å²) in [5.41, 5.74) is 0.422. The fraction of sp³-hybridized carbons (Fsp3) is 0.533. The van der Waals surface area contributed by atoms with Gasteiger partial charge in [-0.25, -0.2) is 9.18 Å². The van der Waals surface area contributed by atoms with Crippen molar-refractivity contribution >= 4 is 27.6 Å². The summed E-state index contributed by atoms with van der Waals surface area (Å²) in [6.07, 6.45) is 0. The van der Waals surface area contributed by atoms with Gasteiger partial charge in [-0.05, 0) is 34.0 Å². The van der Waals surface area contributed by atoms with Crippen LogP contribution in [-0.4, -0.2) is 48.7 Å². The van der Waals surface area contributed by atoms with Gasteiger partial charge in [0.25, 0.3) is 0 Å². The van der Waals surface area contributed by atoms with E-state index in [0.29, 0.717) is 11.6 Å². The lowest BCUT2D eigenvalue weighted by Crippen LogP contribution is -2.47. The Balaban J connectivity index is 2.10. The summed E-state index contributed by atoms with van der Waals surface area (Å²) in [5, 5.41) is 8.99. The highest BCUT2D eigenvalue weighted by Gasteiger charge is 2.23. The van der Waals surface area contributed by atoms with E-state index in [0.717, 1.165) is 32.7 Å². The van der Waals surface area contributed by atoms with Gasteiger partial charge in [0.1, 0.15) is 0 Å². The number of benzene rings is 1. The number of nitrogens with zero attached hydrogens (tertiary/aromatic N) is 2. The average Bonchev–Trinajstić information content (AvgIpc) is 2.42. The second-order valence-electron chi connectivity index (χ2n) is 5.75. The number of anilines is 1. The van der Waals surface area contributed by atoms with Crippen LogP contribution in [0.15, 0.2) is 16.6 Å². The third kappa shape index (κ3) is 3.74. The molecule has 1 N–H and O–H groups in total. The summed E-state index contributed by atoms with van der Waals surface area (Å²) in [7, 11) is 0. The second-order valence-corrected chi connectivity index (χ2v) is 6.54. The Morgan fingerprint density at radius 3 is 2.48 bits per heavy atom. The van der Waals surface area contributed by atoms with Crippen LogP contribution >= 0.6 is 15.9 Å². The third-order valence-electron chi connectivity index (χ3n) is 3.63. The molecule has 0 unspecified atom stereocenters. The van der Waals surface area contributed by atoms with Crippen molar-refractivity contribution in [3.63, 3.8) is 0 Å². The number of carbonyl (C=O) groups is 1. The monoisotopic (exact) mass is 358 g/mol. The van der Waals surface area contributed by atoms with Crippen LogP contribution in [0.2, 0.25) is 0 Å². The van der Waals surface area contributed by atoms with Gasteiger partial charge >= 0.3 is 5.97 Å². The van der Waals surface area contributed by atoms with Crippen LogP contribution in [0, 0.1) is 11.7 Å². The zero-order chi connectivity index (χ0) is 15.6. The Morgan fingerprint density at radius 1 is 1.33 bits per heavy atom. The van der Waals surface area contributed by atoms with Gasteiger partial charge in [0.05, 0.1) is 15.7 Å². The number of hydrogen-bond donors (Lipinski definition) is 1. The Morgan fingerprint density at radius 2 is 1.95 bits per heavy atom. The molecule has 0 spiro atoms. The van der Waals surface area contributed by atoms with E-state index in [2.05, 4.69) is 34.7 Å². The molecular formula is C15H20BrFN2O2. The van der Waals surface area contributed by atoms with Crippen molar-refractivity contribution in [1.82, 2.24) is 4.90 Å². The molecule has 0 atom stereocenters. The maximum atomic E-state index is 14.3. The normalized spacial score (nSPS) is 16.5. The van der Waals surface area contributed by atoms with Crippen molar-refractivity contribution in [3.05, 3.63) is 28.0 Å². The van der Waals surface area contributed by atoms with E-state index in [1.54, 1.807) is 6.07 Å². The van der Waals surface area contributed by atoms with Gasteiger partial charge in [0, 0.05) is 32.7 Å². The Kier molecular flexibility index (Phi) is 5.22. The highest BCUT2D eigenvalue weighted by molar-refractivity contribution is 9.10. The molecule has 1 aliphatic heterocycles. The van der Waals surface area contributed by atoms with Gasteiger partial charge in [-0.1, -0.05) is 13.8 Å². The number of hydrogen-bond acceptors (Lipinski definition) is 3. The standard InChI is InChI=1S/C15H20BrFN2O2/c1-10(2)9-18-5-7-19(8-6-18)12-4-3-11(15(20)21)13(16)14(12)17/h3-4,10H,5-9H2,1-2H3,(H,20,21). The van der Waals surface area contributed by atoms with E-state index >= 15 is 0 Å². The molecular weight excluding hydrogens is 339 g/mol. The molecule has 1 saturated heterocycles. The van der Waals surface area contributed by atoms with Crippen molar-refractivity contribution in [2.75, 3.05) is 37.6 Å². The molecule has 0 saturated carbocycles. The lowest BCUT2D eigenvalue weighted by atomic mass is 10.1. The van der Waals surface area contributed by atoms with Crippen molar-refractivity contribution < 1.29 is 14.3 Å². The summed E-state index contributed by atoms with van der Waals surface area (Å²) in [6, 6.07) is 3.01. The van der Waals surface area contributed by atoms with Gasteiger partial charge in [0.2, 0.25) is 0 Å². The predicted molar refractivity (Wildman–Crippen MR) is 84.6 cm³/mol. The fourth-order valence-electron chi connectivity index (χ4n) is 2.64. The first-order chi connectivity index (χ1) is 9.90. The van der Waals surface area contributed by atoms with E-state index in [9.17, 15) is 9.18 Å². The molecule has 6 heteroatoms. The van der Waals surface area contributed by atoms with Crippen LogP contribution < -0.4 is 4.90 Å². The van der Waals surface area contributed by atoms with Crippen molar-refractivity contribution in [2.45, 2.75) is 13.8 Å². The summed E-state index contributed by atoms with van der Waals surface area (Å²) < 4.78 is 14.4. The van der Waals surface area contributed by atoms with Gasteiger partial charge in [0.15, 0.2) is 5.82 Å². The van der Waals surface area contributed by atoms with Crippen molar-refractivity contribution in [1.29, 1.82) is 0 Å². The quantitative estimate of drug-likeness (QED) is 0.898. The molecule has 2 rings (SSSR count). The maximum Gasteiger partial charge on any atom is 0.336 e. The first-order valence-electron chi connectivity index (χ1n) is 7.08. The van der Waals surface area contributed by atoms with E-state index in [4.69, 9.17) is 5.11 Å². The molecule has 1 aromatic rings. The molecule has 116 valence electrons. The average molecular weight is 359 g/mol. The summed E-state index contributed by atoms with van der Waals surface area (Å²) >= 11 is 3.05. The summed E-state index contributed by atoms with van der Waals surface area (Å²) in [5.74, 6) is -1.00. The molecule has 1 heterocycles. The van der Waals surface area contributed by atoms with E-state index in [1.165, 1.54) is 6.07 Å². The lowest BCUT2D eigenvalue weighted by Gasteiger charge is -2.37. The molecule has 0 bridgehead atoms. The minimum atomic E-state index is -1.13. The molecule has 4 nitrogen and oxygen atoms in total. The van der Waals surface area contributed by atoms with Crippen LogP contribution in [0.25, 0.3) is 0 Å². The third-order valence-corrected chi connectivity index (χ3v) is 4.40. The minimum Gasteiger partial charge on any atom is -0.478 e. The predicted octanol–water partition coefficient (Wildman–Crippen LogP) is 3.06. The highest BCUT2D eigenvalue weighted by atomic mass is 79.9. The first kappa shape index (κ1) is 16.2. The topological polar surface area (TPSA) is 43.8 Å². The molecule has 0 radical (unpaired) electrons. The SMILES string of the molecule is CC(C)CN1CCN(c2ccc(C(=O)O)c(Br)c2F)CC1. The summed E-state index contributed by atoms with van der Waals surface area (Å²) in [6.45, 7) is 8.73. The largest absolute Gasteiger partial charge is 0.478 e. The second kappa shape index (κ2) is 6.75. The molecule has 1 fully saturated rings. The van der Waals surface area contributed by atoms with Crippen LogP contribution in [0.5, 0.6) is 0 Å². The molecule has 21 heavy (non-hydrogen) atoms. The number of carboxylic acids is 1. The van der Waals surface area contributed by atoms with Crippen LogP contribution in [-0.2, 0) is 0 Å². The zero-order valence-corrected chi connectivity index (χ0v) is 13.9. The fourth-order valence-corrected chi connectivity index (χ4v) is 3.14. The van der Waals surface area contributed by atoms with Crippen LogP contribution in [0.4, 0.5) is 10.1 Å². The Bertz CT molecular complexity index is 529. The lowest BCUT2D eigenvalue weighted by molar-refractivity contribution is 0.0695. The smallest absolute Gasteiger partial charge is 0.336 e. The zero-order valence-electron chi connectivity index (χ0n) is 12.3. The van der Waals surface area contributed by atoms with Crippen LogP contribution in [0.1, 0.15) is 24.2 Å². The van der Waals surface area contributed by atoms with Crippen LogP contribution in [0.3, 0.4) is 0 Å². The number of carboxylic acid groups (broad SMARTS) is 1. The molecule has 0 aliphatic carbocycles. The van der Waals surface area contributed by atoms with Crippen molar-refractivity contribution in [2.24, 2.45) is 5.92 Å². The molecule has 1 aliphatic rings. The molecule has 1 aromatic carbocycles. The van der Waals surface area contributed by atoms with Crippen molar-refractivity contribution in [3.8, 4) is 0 Å². The summed E-state index contributed by atoms with van der Waals surface area (Å²) in [4.78, 5) is 15.3. The first-order valence-corrected chi connectivity index (χ1v) is 7.88. The highest BCUT2D eigenvalue weighted by Crippen LogP contribution is 2.30. The maximum absolute atomic E-state index is 14.3. The van der Waals surface area contributed by atoms with Gasteiger partial charge < -0.3 is 10.0 Å². The number of halogens is 2. The number of rotatable bonds is 4. The molecule has 0 aromatic heterocycles. The van der Waals surface area contributed by atoms with Gasteiger partial charge in [-0.15, -0.1) is 0 Å². The van der Waals surface area contributed by atoms with E-state index in [-0.39, 0.29) is 10.0 Å². The number of aromatic carboxylic acids is 1. The molecule has 0 amide bonds. The minimum absolute atomic E-state index is 0.0251.